The third-order valence-electron chi connectivity index (χ3n) is 3.41. The monoisotopic (exact) mass is 253 g/mol. The second-order valence-electron chi connectivity index (χ2n) is 4.96. The predicted octanol–water partition coefficient (Wildman–Crippen LogP) is 2.17. The van der Waals surface area contributed by atoms with E-state index in [0.29, 0.717) is 6.54 Å². The second kappa shape index (κ2) is 5.25. The number of nitrogens with zero attached hydrogens (tertiary/aromatic N) is 1. The molecule has 0 aromatic heterocycles. The van der Waals surface area contributed by atoms with Gasteiger partial charge in [0, 0.05) is 23.8 Å². The molecule has 0 amide bonds. The zero-order valence-electron chi connectivity index (χ0n) is 10.2. The van der Waals surface area contributed by atoms with E-state index >= 15 is 0 Å². The molecule has 0 saturated carbocycles. The number of hydrogen-bond acceptors (Lipinski definition) is 3. The molecule has 1 aromatic carbocycles. The van der Waals surface area contributed by atoms with Crippen molar-refractivity contribution in [3.63, 3.8) is 0 Å². The summed E-state index contributed by atoms with van der Waals surface area (Å²) in [6.07, 6.45) is 2.31. The van der Waals surface area contributed by atoms with E-state index in [4.69, 9.17) is 17.3 Å². The van der Waals surface area contributed by atoms with Gasteiger partial charge in [-0.1, -0.05) is 11.6 Å². The summed E-state index contributed by atoms with van der Waals surface area (Å²) in [5.74, 6) is 0. The number of likely N-dealkylation sites (tertiary alicyclic amines) is 1. The lowest BCUT2D eigenvalue weighted by Crippen LogP contribution is -2.56. The summed E-state index contributed by atoms with van der Waals surface area (Å²) in [6.45, 7) is 2.80. The van der Waals surface area contributed by atoms with Crippen molar-refractivity contribution >= 4 is 17.3 Å². The van der Waals surface area contributed by atoms with E-state index < -0.39 is 0 Å². The van der Waals surface area contributed by atoms with Crippen LogP contribution in [-0.2, 0) is 0 Å². The Morgan fingerprint density at radius 2 is 2.12 bits per heavy atom. The van der Waals surface area contributed by atoms with Gasteiger partial charge in [0.05, 0.1) is 5.54 Å². The minimum Gasteiger partial charge on any atom is -0.377 e. The van der Waals surface area contributed by atoms with E-state index in [1.54, 1.807) is 0 Å². The quantitative estimate of drug-likeness (QED) is 0.868. The average molecular weight is 254 g/mol. The lowest BCUT2D eigenvalue weighted by molar-refractivity contribution is 0.198. The average Bonchev–Trinajstić information content (AvgIpc) is 2.32. The van der Waals surface area contributed by atoms with E-state index in [1.807, 2.05) is 24.3 Å². The maximum absolute atomic E-state index is 5.96. The van der Waals surface area contributed by atoms with Crippen molar-refractivity contribution in [1.82, 2.24) is 4.90 Å². The molecule has 1 heterocycles. The highest BCUT2D eigenvalue weighted by molar-refractivity contribution is 6.30. The van der Waals surface area contributed by atoms with Crippen LogP contribution in [0.5, 0.6) is 0 Å². The maximum atomic E-state index is 5.96. The maximum Gasteiger partial charge on any atom is 0.0622 e. The van der Waals surface area contributed by atoms with Crippen LogP contribution in [0.4, 0.5) is 5.69 Å². The number of nitrogens with two attached hydrogens (primary N) is 1. The van der Waals surface area contributed by atoms with Crippen LogP contribution in [0.3, 0.4) is 0 Å². The Bertz CT molecular complexity index is 365. The number of nitrogens with one attached hydrogen (secondary N) is 1. The minimum atomic E-state index is 0.000823. The summed E-state index contributed by atoms with van der Waals surface area (Å²) in [7, 11) is 2.15. The summed E-state index contributed by atoms with van der Waals surface area (Å²) in [5.41, 5.74) is 7.06. The lowest BCUT2D eigenvalue weighted by atomic mass is 9.89. The fourth-order valence-electron chi connectivity index (χ4n) is 2.52. The standard InChI is InChI=1S/C13H20ClN3/c1-17-8-2-7-13(9-15,10-17)16-12-5-3-11(14)4-6-12/h3-6,16H,2,7-10,15H2,1H3. The number of piperidine rings is 1. The van der Waals surface area contributed by atoms with E-state index in [1.165, 1.54) is 6.42 Å². The molecule has 0 spiro atoms. The van der Waals surface area contributed by atoms with E-state index in [2.05, 4.69) is 17.3 Å². The molecule has 0 radical (unpaired) electrons. The lowest BCUT2D eigenvalue weighted by Gasteiger charge is -2.42. The summed E-state index contributed by atoms with van der Waals surface area (Å²) in [6, 6.07) is 7.82. The molecular weight excluding hydrogens is 234 g/mol. The number of halogens is 1. The molecule has 2 rings (SSSR count). The third kappa shape index (κ3) is 3.12. The molecular formula is C13H20ClN3. The van der Waals surface area contributed by atoms with Crippen LogP contribution in [0, 0.1) is 0 Å². The summed E-state index contributed by atoms with van der Waals surface area (Å²) < 4.78 is 0. The van der Waals surface area contributed by atoms with Crippen molar-refractivity contribution in [3.8, 4) is 0 Å². The fourth-order valence-corrected chi connectivity index (χ4v) is 2.65. The Balaban J connectivity index is 2.10. The molecule has 1 unspecified atom stereocenters. The highest BCUT2D eigenvalue weighted by Crippen LogP contribution is 2.25. The van der Waals surface area contributed by atoms with Crippen molar-refractivity contribution in [1.29, 1.82) is 0 Å². The van der Waals surface area contributed by atoms with E-state index in [0.717, 1.165) is 30.2 Å². The zero-order valence-corrected chi connectivity index (χ0v) is 11.0. The Morgan fingerprint density at radius 3 is 2.71 bits per heavy atom. The third-order valence-corrected chi connectivity index (χ3v) is 3.66. The van der Waals surface area contributed by atoms with Gasteiger partial charge in [-0.25, -0.2) is 0 Å². The molecule has 1 aromatic rings. The summed E-state index contributed by atoms with van der Waals surface area (Å²) in [4.78, 5) is 2.33. The molecule has 0 aliphatic carbocycles. The van der Waals surface area contributed by atoms with Crippen LogP contribution < -0.4 is 11.1 Å². The van der Waals surface area contributed by atoms with Gasteiger partial charge in [0.15, 0.2) is 0 Å². The van der Waals surface area contributed by atoms with Gasteiger partial charge in [0.25, 0.3) is 0 Å². The Kier molecular flexibility index (Phi) is 3.92. The molecule has 1 aliphatic heterocycles. The van der Waals surface area contributed by atoms with Crippen LogP contribution in [0.15, 0.2) is 24.3 Å². The first-order chi connectivity index (χ1) is 8.13. The van der Waals surface area contributed by atoms with Gasteiger partial charge in [0.1, 0.15) is 0 Å². The van der Waals surface area contributed by atoms with Crippen LogP contribution in [-0.4, -0.2) is 37.1 Å². The summed E-state index contributed by atoms with van der Waals surface area (Å²) >= 11 is 5.89. The van der Waals surface area contributed by atoms with E-state index in [9.17, 15) is 0 Å². The Morgan fingerprint density at radius 1 is 1.41 bits per heavy atom. The minimum absolute atomic E-state index is 0.000823. The molecule has 0 bridgehead atoms. The van der Waals surface area contributed by atoms with Gasteiger partial charge >= 0.3 is 0 Å². The van der Waals surface area contributed by atoms with Gasteiger partial charge in [-0.3, -0.25) is 0 Å². The van der Waals surface area contributed by atoms with Crippen LogP contribution in [0.1, 0.15) is 12.8 Å². The first-order valence-corrected chi connectivity index (χ1v) is 6.44. The highest BCUT2D eigenvalue weighted by Gasteiger charge is 2.32. The van der Waals surface area contributed by atoms with Crippen molar-refractivity contribution < 1.29 is 0 Å². The molecule has 4 heteroatoms. The zero-order chi connectivity index (χ0) is 12.3. The Hall–Kier alpha value is -0.770. The number of benzene rings is 1. The SMILES string of the molecule is CN1CCCC(CN)(Nc2ccc(Cl)cc2)C1. The molecule has 3 nitrogen and oxygen atoms in total. The normalized spacial score (nSPS) is 25.8. The largest absolute Gasteiger partial charge is 0.377 e. The van der Waals surface area contributed by atoms with Crippen molar-refractivity contribution in [2.75, 3.05) is 32.0 Å². The van der Waals surface area contributed by atoms with Gasteiger partial charge in [-0.05, 0) is 50.7 Å². The number of likely N-dealkylation sites (N-methyl/N-ethyl adjacent to an activating group) is 1. The van der Waals surface area contributed by atoms with Gasteiger partial charge in [0.2, 0.25) is 0 Å². The molecule has 17 heavy (non-hydrogen) atoms. The van der Waals surface area contributed by atoms with Gasteiger partial charge < -0.3 is 16.0 Å². The molecule has 1 aliphatic rings. The Labute approximate surface area is 108 Å². The first kappa shape index (κ1) is 12.7. The fraction of sp³-hybridized carbons (Fsp3) is 0.538. The highest BCUT2D eigenvalue weighted by atomic mass is 35.5. The smallest absolute Gasteiger partial charge is 0.0622 e. The molecule has 1 atom stereocenters. The van der Waals surface area contributed by atoms with Crippen LogP contribution in [0.25, 0.3) is 0 Å². The van der Waals surface area contributed by atoms with Gasteiger partial charge in [-0.2, -0.15) is 0 Å². The van der Waals surface area contributed by atoms with Crippen molar-refractivity contribution in [2.45, 2.75) is 18.4 Å². The van der Waals surface area contributed by atoms with Crippen LogP contribution in [0.2, 0.25) is 5.02 Å². The van der Waals surface area contributed by atoms with E-state index in [-0.39, 0.29) is 5.54 Å². The topological polar surface area (TPSA) is 41.3 Å². The van der Waals surface area contributed by atoms with Crippen molar-refractivity contribution in [2.24, 2.45) is 5.73 Å². The molecule has 1 fully saturated rings. The van der Waals surface area contributed by atoms with Crippen molar-refractivity contribution in [3.05, 3.63) is 29.3 Å². The van der Waals surface area contributed by atoms with Gasteiger partial charge in [-0.15, -0.1) is 0 Å². The molecule has 3 N–H and O–H groups in total. The first-order valence-electron chi connectivity index (χ1n) is 6.06. The summed E-state index contributed by atoms with van der Waals surface area (Å²) in [5, 5.41) is 4.34. The second-order valence-corrected chi connectivity index (χ2v) is 5.39. The number of hydrogen-bond donors (Lipinski definition) is 2. The predicted molar refractivity (Wildman–Crippen MR) is 73.6 cm³/mol. The van der Waals surface area contributed by atoms with Crippen LogP contribution >= 0.6 is 11.6 Å². The molecule has 94 valence electrons. The number of rotatable bonds is 3. The number of anilines is 1. The molecule has 1 saturated heterocycles.